The molecular weight excluding hydrogens is 378 g/mol. The van der Waals surface area contributed by atoms with Crippen molar-refractivity contribution in [3.63, 3.8) is 0 Å². The lowest BCUT2D eigenvalue weighted by Crippen LogP contribution is -2.10. The van der Waals surface area contributed by atoms with Gasteiger partial charge in [0.05, 0.1) is 11.0 Å². The van der Waals surface area contributed by atoms with Crippen LogP contribution in [0.25, 0.3) is 34.3 Å². The lowest BCUT2D eigenvalue weighted by molar-refractivity contribution is 0.486. The van der Waals surface area contributed by atoms with Crippen LogP contribution in [0.3, 0.4) is 0 Å². The van der Waals surface area contributed by atoms with Gasteiger partial charge in [-0.05, 0) is 51.9 Å². The molecule has 1 heterocycles. The van der Waals surface area contributed by atoms with E-state index in [1.807, 2.05) is 12.2 Å². The smallest absolute Gasteiger partial charge is 0.131 e. The van der Waals surface area contributed by atoms with Crippen LogP contribution in [-0.4, -0.2) is 9.97 Å². The van der Waals surface area contributed by atoms with Crippen LogP contribution in [0, 0.1) is 5.82 Å². The fourth-order valence-electron chi connectivity index (χ4n) is 3.51. The van der Waals surface area contributed by atoms with Crippen LogP contribution in [0.1, 0.15) is 43.3 Å². The van der Waals surface area contributed by atoms with E-state index in [0.717, 1.165) is 11.1 Å². The van der Waals surface area contributed by atoms with E-state index in [1.54, 1.807) is 30.3 Å². The summed E-state index contributed by atoms with van der Waals surface area (Å²) < 4.78 is 27.9. The van der Waals surface area contributed by atoms with Gasteiger partial charge in [0, 0.05) is 5.56 Å². The predicted molar refractivity (Wildman–Crippen MR) is 120 cm³/mol. The fraction of sp³-hybridized carbons (Fsp3) is 0.192. The number of nitrogens with one attached hydrogen (secondary N) is 1. The Balaban J connectivity index is 1.67. The zero-order valence-corrected chi connectivity index (χ0v) is 17.3. The van der Waals surface area contributed by atoms with Gasteiger partial charge in [-0.1, -0.05) is 69.3 Å². The van der Waals surface area contributed by atoms with Crippen molar-refractivity contribution in [1.82, 2.24) is 9.97 Å². The van der Waals surface area contributed by atoms with Gasteiger partial charge < -0.3 is 4.98 Å². The molecule has 2 nitrogen and oxygen atoms in total. The van der Waals surface area contributed by atoms with Gasteiger partial charge in [0.15, 0.2) is 0 Å². The Labute approximate surface area is 175 Å². The molecule has 0 saturated carbocycles. The van der Waals surface area contributed by atoms with Crippen LogP contribution < -0.4 is 0 Å². The molecule has 30 heavy (non-hydrogen) atoms. The number of alkyl halides is 1. The van der Waals surface area contributed by atoms with E-state index in [-0.39, 0.29) is 11.2 Å². The summed E-state index contributed by atoms with van der Waals surface area (Å²) in [4.78, 5) is 7.80. The minimum atomic E-state index is -0.677. The summed E-state index contributed by atoms with van der Waals surface area (Å²) in [5.74, 6) is 0.293. The first-order valence-corrected chi connectivity index (χ1v) is 9.97. The molecule has 0 unspecified atom stereocenters. The molecular formula is C26H24F2N2. The van der Waals surface area contributed by atoms with Gasteiger partial charge in [0.1, 0.15) is 18.3 Å². The number of benzene rings is 3. The second-order valence-electron chi connectivity index (χ2n) is 8.47. The van der Waals surface area contributed by atoms with E-state index < -0.39 is 6.67 Å². The van der Waals surface area contributed by atoms with Crippen molar-refractivity contribution < 1.29 is 8.78 Å². The summed E-state index contributed by atoms with van der Waals surface area (Å²) in [5, 5.41) is 0. The van der Waals surface area contributed by atoms with Crippen molar-refractivity contribution >= 4 is 23.2 Å². The highest BCUT2D eigenvalue weighted by Gasteiger charge is 2.14. The highest BCUT2D eigenvalue weighted by Crippen LogP contribution is 2.31. The number of hydrogen-bond acceptors (Lipinski definition) is 1. The number of fused-ring (bicyclic) bond motifs is 1. The molecule has 0 amide bonds. The Morgan fingerprint density at radius 1 is 0.933 bits per heavy atom. The molecule has 0 saturated heterocycles. The molecule has 0 radical (unpaired) electrons. The van der Waals surface area contributed by atoms with Crippen molar-refractivity contribution in [3.8, 4) is 11.1 Å². The third kappa shape index (κ3) is 4.04. The summed E-state index contributed by atoms with van der Waals surface area (Å²) in [7, 11) is 0. The van der Waals surface area contributed by atoms with Gasteiger partial charge in [-0.25, -0.2) is 13.8 Å². The summed E-state index contributed by atoms with van der Waals surface area (Å²) in [6, 6.07) is 18.3. The van der Waals surface area contributed by atoms with Crippen LogP contribution in [0.5, 0.6) is 0 Å². The first kappa shape index (κ1) is 20.0. The lowest BCUT2D eigenvalue weighted by atomic mass is 9.87. The van der Waals surface area contributed by atoms with E-state index in [1.165, 1.54) is 11.6 Å². The van der Waals surface area contributed by atoms with E-state index >= 15 is 0 Å². The highest BCUT2D eigenvalue weighted by molar-refractivity contribution is 5.86. The summed E-state index contributed by atoms with van der Waals surface area (Å²) in [5.41, 5.74) is 5.21. The largest absolute Gasteiger partial charge is 0.338 e. The minimum Gasteiger partial charge on any atom is -0.338 e. The van der Waals surface area contributed by atoms with Gasteiger partial charge in [-0.2, -0.15) is 0 Å². The van der Waals surface area contributed by atoms with Gasteiger partial charge in [0.25, 0.3) is 0 Å². The van der Waals surface area contributed by atoms with E-state index in [9.17, 15) is 8.78 Å². The third-order valence-electron chi connectivity index (χ3n) is 5.24. The number of rotatable bonds is 4. The first-order valence-electron chi connectivity index (χ1n) is 9.97. The van der Waals surface area contributed by atoms with Crippen LogP contribution in [0.4, 0.5) is 8.78 Å². The van der Waals surface area contributed by atoms with Gasteiger partial charge in [-0.15, -0.1) is 0 Å². The molecule has 4 heteroatoms. The minimum absolute atomic E-state index is 0.116. The van der Waals surface area contributed by atoms with Crippen LogP contribution in [-0.2, 0) is 12.1 Å². The fourth-order valence-corrected chi connectivity index (χ4v) is 3.51. The second-order valence-corrected chi connectivity index (χ2v) is 8.47. The average Bonchev–Trinajstić information content (AvgIpc) is 3.13. The molecule has 0 aliphatic heterocycles. The lowest BCUT2D eigenvalue weighted by Gasteiger charge is -2.18. The standard InChI is InChI=1S/C26H24F2N2/c1-26(2,3)19-11-8-17(9-12-19)10-13-25-29-23-14-18(16-27)21(15-24(23)30-25)20-6-4-5-7-22(20)28/h4-15H,16H2,1-3H3,(H,29,30)/b13-10+. The maximum atomic E-state index is 14.2. The number of aromatic nitrogens is 2. The van der Waals surface area contributed by atoms with Crippen LogP contribution >= 0.6 is 0 Å². The Kier molecular flexibility index (Phi) is 5.25. The maximum Gasteiger partial charge on any atom is 0.131 e. The topological polar surface area (TPSA) is 28.7 Å². The quantitative estimate of drug-likeness (QED) is 0.381. The van der Waals surface area contributed by atoms with Crippen molar-refractivity contribution in [3.05, 3.63) is 89.0 Å². The number of nitrogens with zero attached hydrogens (tertiary/aromatic N) is 1. The summed E-state index contributed by atoms with van der Waals surface area (Å²) in [6.07, 6.45) is 3.88. The predicted octanol–water partition coefficient (Wildman–Crippen LogP) is 7.31. The molecule has 0 bridgehead atoms. The number of hydrogen-bond donors (Lipinski definition) is 1. The highest BCUT2D eigenvalue weighted by atomic mass is 19.1. The first-order chi connectivity index (χ1) is 14.3. The molecule has 152 valence electrons. The Bertz CT molecular complexity index is 1210. The molecule has 4 aromatic rings. The molecule has 0 atom stereocenters. The van der Waals surface area contributed by atoms with E-state index in [0.29, 0.717) is 28.0 Å². The van der Waals surface area contributed by atoms with E-state index in [2.05, 4.69) is 55.0 Å². The van der Waals surface area contributed by atoms with E-state index in [4.69, 9.17) is 0 Å². The Hall–Kier alpha value is -3.27. The van der Waals surface area contributed by atoms with Crippen LogP contribution in [0.15, 0.2) is 60.7 Å². The van der Waals surface area contributed by atoms with Crippen molar-refractivity contribution in [2.24, 2.45) is 0 Å². The molecule has 0 aliphatic rings. The number of imidazole rings is 1. The third-order valence-corrected chi connectivity index (χ3v) is 5.24. The zero-order chi connectivity index (χ0) is 21.3. The van der Waals surface area contributed by atoms with Gasteiger partial charge in [0.2, 0.25) is 0 Å². The second kappa shape index (κ2) is 7.86. The number of halogens is 2. The Morgan fingerprint density at radius 3 is 2.33 bits per heavy atom. The van der Waals surface area contributed by atoms with Crippen molar-refractivity contribution in [2.45, 2.75) is 32.9 Å². The number of aromatic amines is 1. The van der Waals surface area contributed by atoms with Gasteiger partial charge in [-0.3, -0.25) is 0 Å². The molecule has 0 aliphatic carbocycles. The van der Waals surface area contributed by atoms with Crippen LogP contribution in [0.2, 0.25) is 0 Å². The van der Waals surface area contributed by atoms with Gasteiger partial charge >= 0.3 is 0 Å². The summed E-state index contributed by atoms with van der Waals surface area (Å²) >= 11 is 0. The number of H-pyrrole nitrogens is 1. The van der Waals surface area contributed by atoms with Crippen molar-refractivity contribution in [1.29, 1.82) is 0 Å². The van der Waals surface area contributed by atoms with Crippen molar-refractivity contribution in [2.75, 3.05) is 0 Å². The normalized spacial score (nSPS) is 12.2. The molecule has 4 rings (SSSR count). The molecule has 0 spiro atoms. The molecule has 1 aromatic heterocycles. The molecule has 0 fully saturated rings. The zero-order valence-electron chi connectivity index (χ0n) is 17.3. The molecule has 3 aromatic carbocycles. The SMILES string of the molecule is CC(C)(C)c1ccc(/C=C/c2nc3cc(-c4ccccc4F)c(CF)cc3[nH]2)cc1. The average molecular weight is 402 g/mol. The Morgan fingerprint density at radius 2 is 1.67 bits per heavy atom. The molecule has 1 N–H and O–H groups in total. The summed E-state index contributed by atoms with van der Waals surface area (Å²) in [6.45, 7) is 5.89. The maximum absolute atomic E-state index is 14.2. The monoisotopic (exact) mass is 402 g/mol.